The molecule has 84 valence electrons. The van der Waals surface area contributed by atoms with Crippen molar-refractivity contribution in [1.82, 2.24) is 4.90 Å². The second kappa shape index (κ2) is 7.41. The molecule has 1 aromatic rings. The summed E-state index contributed by atoms with van der Waals surface area (Å²) in [5.74, 6) is 0. The summed E-state index contributed by atoms with van der Waals surface area (Å²) in [4.78, 5) is 1.24. The van der Waals surface area contributed by atoms with Crippen LogP contribution in [0, 0.1) is 0 Å². The summed E-state index contributed by atoms with van der Waals surface area (Å²) in [5.41, 5.74) is 0.821. The molecule has 0 bridgehead atoms. The minimum absolute atomic E-state index is 0. The van der Waals surface area contributed by atoms with Crippen LogP contribution in [0.15, 0.2) is 24.3 Å². The van der Waals surface area contributed by atoms with Gasteiger partial charge in [-0.05, 0) is 31.2 Å². The minimum Gasteiger partial charge on any atom is -0.448 e. The van der Waals surface area contributed by atoms with E-state index in [0.717, 1.165) is 5.56 Å². The zero-order valence-corrected chi connectivity index (χ0v) is 13.1. The third-order valence-corrected chi connectivity index (χ3v) is 2.14. The van der Waals surface area contributed by atoms with Gasteiger partial charge in [0.05, 0.1) is 0 Å². The Morgan fingerprint density at radius 2 is 1.69 bits per heavy atom. The van der Waals surface area contributed by atoms with Gasteiger partial charge in [-0.15, -0.1) is 0 Å². The predicted octanol–water partition coefficient (Wildman–Crippen LogP) is 0.162. The Balaban J connectivity index is 0.00000225. The molecule has 0 atom stereocenters. The van der Waals surface area contributed by atoms with E-state index < -0.39 is 13.4 Å². The van der Waals surface area contributed by atoms with Crippen LogP contribution in [-0.2, 0) is 6.54 Å². The van der Waals surface area contributed by atoms with E-state index >= 15 is 0 Å². The Kier molecular flexibility index (Phi) is 7.85. The van der Waals surface area contributed by atoms with Crippen molar-refractivity contribution in [2.24, 2.45) is 0 Å². The van der Waals surface area contributed by atoms with Crippen LogP contribution >= 0.6 is 11.6 Å². The first-order valence-corrected chi connectivity index (χ1v) is 4.88. The molecule has 1 aromatic carbocycles. The minimum atomic E-state index is -4.75. The summed E-state index contributed by atoms with van der Waals surface area (Å²) in [6, 6.07) is 6.79. The van der Waals surface area contributed by atoms with Crippen molar-refractivity contribution in [3.8, 4) is 0 Å². The monoisotopic (exact) mass is 275 g/mol. The van der Waals surface area contributed by atoms with Crippen molar-refractivity contribution >= 4 is 18.6 Å². The van der Waals surface area contributed by atoms with E-state index in [2.05, 4.69) is 0 Å². The number of hydrogen-bond acceptors (Lipinski definition) is 1. The second-order valence-corrected chi connectivity index (χ2v) is 3.97. The zero-order valence-electron chi connectivity index (χ0n) is 9.26. The average molecular weight is 276 g/mol. The molecule has 0 amide bonds. The van der Waals surface area contributed by atoms with Crippen LogP contribution in [0.25, 0.3) is 0 Å². The van der Waals surface area contributed by atoms with Crippen LogP contribution < -0.4 is 51.4 Å². The topological polar surface area (TPSA) is 3.24 Å². The van der Waals surface area contributed by atoms with Crippen LogP contribution in [0.5, 0.6) is 0 Å². The Morgan fingerprint density at radius 1 is 1.19 bits per heavy atom. The molecule has 16 heavy (non-hydrogen) atoms. The van der Waals surface area contributed by atoms with Gasteiger partial charge in [0.2, 0.25) is 0 Å². The molecule has 0 N–H and O–H groups in total. The fourth-order valence-corrected chi connectivity index (χ4v) is 1.45. The Hall–Kier alpha value is 0.961. The smallest absolute Gasteiger partial charge is 0.448 e. The van der Waals surface area contributed by atoms with Gasteiger partial charge in [0, 0.05) is 11.6 Å². The van der Waals surface area contributed by atoms with Crippen molar-refractivity contribution in [3.63, 3.8) is 0 Å². The fourth-order valence-electron chi connectivity index (χ4n) is 1.32. The molecule has 0 radical (unpaired) electrons. The largest absolute Gasteiger partial charge is 1.00 e. The third-order valence-electron chi connectivity index (χ3n) is 1.88. The van der Waals surface area contributed by atoms with Gasteiger partial charge >= 0.3 is 58.4 Å². The van der Waals surface area contributed by atoms with Gasteiger partial charge in [0.25, 0.3) is 0 Å². The van der Waals surface area contributed by atoms with E-state index in [4.69, 9.17) is 11.6 Å². The zero-order chi connectivity index (χ0) is 11.5. The molecule has 7 heteroatoms. The number of rotatable bonds is 4. The maximum absolute atomic E-state index is 12.1. The molecule has 0 aliphatic carbocycles. The molecule has 0 saturated carbocycles. The van der Waals surface area contributed by atoms with Crippen LogP contribution in [0.2, 0.25) is 5.02 Å². The molecule has 1 rings (SSSR count). The first-order chi connectivity index (χ1) is 6.87. The van der Waals surface area contributed by atoms with E-state index in [-0.39, 0.29) is 57.9 Å². The number of nitrogens with zero attached hydrogens (tertiary/aromatic N) is 1. The van der Waals surface area contributed by atoms with Crippen molar-refractivity contribution in [3.05, 3.63) is 34.9 Å². The summed E-state index contributed by atoms with van der Waals surface area (Å²) in [5, 5.41) is 0.585. The molecule has 0 unspecified atom stereocenters. The molecule has 0 saturated heterocycles. The molecule has 1 nitrogen and oxygen atoms in total. The van der Waals surface area contributed by atoms with Crippen molar-refractivity contribution < 1.29 is 64.3 Å². The molecule has 0 fully saturated rings. The summed E-state index contributed by atoms with van der Waals surface area (Å²) in [6.07, 6.45) is -0.845. The first-order valence-electron chi connectivity index (χ1n) is 4.51. The van der Waals surface area contributed by atoms with Crippen molar-refractivity contribution in [1.29, 1.82) is 0 Å². The Morgan fingerprint density at radius 3 is 2.12 bits per heavy atom. The van der Waals surface area contributed by atoms with Crippen molar-refractivity contribution in [2.75, 3.05) is 13.5 Å². The van der Waals surface area contributed by atoms with Crippen LogP contribution in [-0.4, -0.2) is 25.4 Å². The SMILES string of the molecule is CN(Cc1ccc(Cl)cc1)C[B-](F)(F)F.[K+]. The van der Waals surface area contributed by atoms with Gasteiger partial charge < -0.3 is 17.8 Å². The predicted molar refractivity (Wildman–Crippen MR) is 56.9 cm³/mol. The van der Waals surface area contributed by atoms with Gasteiger partial charge in [-0.1, -0.05) is 23.7 Å². The normalized spacial score (nSPS) is 11.4. The Labute approximate surface area is 141 Å². The molecule has 0 aliphatic heterocycles. The van der Waals surface area contributed by atoms with E-state index in [9.17, 15) is 12.9 Å². The van der Waals surface area contributed by atoms with E-state index in [0.29, 0.717) is 5.02 Å². The molecular weight excluding hydrogens is 264 g/mol. The molecule has 0 heterocycles. The van der Waals surface area contributed by atoms with E-state index in [1.165, 1.54) is 11.9 Å². The van der Waals surface area contributed by atoms with Gasteiger partial charge in [-0.3, -0.25) is 0 Å². The summed E-state index contributed by atoms with van der Waals surface area (Å²) >= 11 is 5.66. The summed E-state index contributed by atoms with van der Waals surface area (Å²) in [7, 11) is 1.45. The average Bonchev–Trinajstić information content (AvgIpc) is 2.05. The maximum Gasteiger partial charge on any atom is 1.00 e. The van der Waals surface area contributed by atoms with Crippen molar-refractivity contribution in [2.45, 2.75) is 6.54 Å². The fraction of sp³-hybridized carbons (Fsp3) is 0.333. The molecule has 0 aliphatic rings. The first kappa shape index (κ1) is 17.0. The van der Waals surface area contributed by atoms with Gasteiger partial charge in [-0.2, -0.15) is 0 Å². The quantitative estimate of drug-likeness (QED) is 0.708. The van der Waals surface area contributed by atoms with Crippen LogP contribution in [0.3, 0.4) is 0 Å². The molecular formula is C9H11BClF3KN. The standard InChI is InChI=1S/C9H11BClF3N.K/c1-15(7-10(12,13)14)6-8-2-4-9(11)5-3-8;/h2-5H,6-7H2,1H3;/q-1;+1. The number of halogens is 4. The van der Waals surface area contributed by atoms with E-state index in [1.54, 1.807) is 24.3 Å². The van der Waals surface area contributed by atoms with E-state index in [1.807, 2.05) is 0 Å². The van der Waals surface area contributed by atoms with Gasteiger partial charge in [0.15, 0.2) is 0 Å². The molecule has 0 spiro atoms. The Bertz CT molecular complexity index is 318. The molecule has 0 aromatic heterocycles. The summed E-state index contributed by atoms with van der Waals surface area (Å²) < 4.78 is 36.2. The third kappa shape index (κ3) is 7.32. The second-order valence-electron chi connectivity index (χ2n) is 3.53. The van der Waals surface area contributed by atoms with Gasteiger partial charge in [-0.25, -0.2) is 0 Å². The maximum atomic E-state index is 12.1. The number of hydrogen-bond donors (Lipinski definition) is 0. The summed E-state index contributed by atoms with van der Waals surface area (Å²) in [6.45, 7) is -4.48. The van der Waals surface area contributed by atoms with Crippen LogP contribution in [0.1, 0.15) is 5.56 Å². The number of benzene rings is 1. The van der Waals surface area contributed by atoms with Gasteiger partial charge in [0.1, 0.15) is 0 Å². The van der Waals surface area contributed by atoms with Crippen LogP contribution in [0.4, 0.5) is 12.9 Å².